The second kappa shape index (κ2) is 7.63. The predicted octanol–water partition coefficient (Wildman–Crippen LogP) is 1.98. The molecule has 0 saturated carbocycles. The van der Waals surface area contributed by atoms with Crippen LogP contribution in [0.5, 0.6) is 17.4 Å². The number of aromatic nitrogens is 1. The highest BCUT2D eigenvalue weighted by atomic mass is 16.5. The van der Waals surface area contributed by atoms with Gasteiger partial charge in [0.1, 0.15) is 17.6 Å². The minimum absolute atomic E-state index is 0.241. The Kier molecular flexibility index (Phi) is 5.54. The first-order valence-corrected chi connectivity index (χ1v) is 7.60. The summed E-state index contributed by atoms with van der Waals surface area (Å²) in [5.74, 6) is 0.489. The molecule has 0 aliphatic rings. The molecule has 1 aromatic heterocycles. The van der Waals surface area contributed by atoms with Gasteiger partial charge in [0.15, 0.2) is 0 Å². The molecular weight excluding hydrogens is 336 g/mol. The van der Waals surface area contributed by atoms with E-state index in [1.165, 1.54) is 39.3 Å². The molecular formula is C18H18N4O4. The van der Waals surface area contributed by atoms with Crippen molar-refractivity contribution in [2.75, 3.05) is 12.0 Å². The molecule has 2 amide bonds. The summed E-state index contributed by atoms with van der Waals surface area (Å²) in [7, 11) is 1.46. The van der Waals surface area contributed by atoms with Crippen LogP contribution in [0.3, 0.4) is 0 Å². The van der Waals surface area contributed by atoms with E-state index in [4.69, 9.17) is 20.5 Å². The summed E-state index contributed by atoms with van der Waals surface area (Å²) < 4.78 is 10.7. The topological polar surface area (TPSA) is 119 Å². The molecule has 0 bridgehead atoms. The maximum absolute atomic E-state index is 12.2. The fourth-order valence-electron chi connectivity index (χ4n) is 2.06. The van der Waals surface area contributed by atoms with Crippen molar-refractivity contribution in [3.05, 3.63) is 42.1 Å². The lowest BCUT2D eigenvalue weighted by Crippen LogP contribution is -2.51. The highest BCUT2D eigenvalue weighted by Crippen LogP contribution is 2.28. The molecule has 0 radical (unpaired) electrons. The molecule has 0 aliphatic heterocycles. The van der Waals surface area contributed by atoms with Crippen molar-refractivity contribution in [2.24, 2.45) is 5.73 Å². The molecule has 0 spiro atoms. The highest BCUT2D eigenvalue weighted by Gasteiger charge is 2.29. The van der Waals surface area contributed by atoms with Gasteiger partial charge in [-0.2, -0.15) is 5.26 Å². The number of carbonyl (C=O) groups is 2. The number of imide groups is 1. The zero-order valence-corrected chi connectivity index (χ0v) is 14.6. The molecule has 8 nitrogen and oxygen atoms in total. The molecule has 0 saturated heterocycles. The Morgan fingerprint density at radius 1 is 1.35 bits per heavy atom. The standard InChI is InChI=1S/C18H18N4O4/c1-18(2,20)17(24)22(11-23)13-5-7-16(21-10-13)26-14-6-4-12(9-19)15(8-14)25-3/h4-8,10-11H,20H2,1-3H3. The number of anilines is 1. The number of amides is 2. The molecule has 134 valence electrons. The number of carbonyl (C=O) groups excluding carboxylic acids is 2. The van der Waals surface area contributed by atoms with Gasteiger partial charge >= 0.3 is 0 Å². The lowest BCUT2D eigenvalue weighted by atomic mass is 10.1. The predicted molar refractivity (Wildman–Crippen MR) is 93.8 cm³/mol. The van der Waals surface area contributed by atoms with E-state index in [9.17, 15) is 9.59 Å². The average molecular weight is 354 g/mol. The first kappa shape index (κ1) is 18.9. The summed E-state index contributed by atoms with van der Waals surface area (Å²) in [5, 5.41) is 8.99. The Bertz CT molecular complexity index is 851. The Labute approximate surface area is 150 Å². The molecule has 2 N–H and O–H groups in total. The smallest absolute Gasteiger partial charge is 0.253 e. The number of nitrogens with two attached hydrogens (primary N) is 1. The van der Waals surface area contributed by atoms with Gasteiger partial charge in [-0.15, -0.1) is 0 Å². The number of rotatable bonds is 6. The van der Waals surface area contributed by atoms with Crippen LogP contribution < -0.4 is 20.1 Å². The van der Waals surface area contributed by atoms with E-state index in [0.29, 0.717) is 23.5 Å². The molecule has 1 aromatic carbocycles. The zero-order chi connectivity index (χ0) is 19.3. The normalized spacial score (nSPS) is 10.6. The lowest BCUT2D eigenvalue weighted by molar-refractivity contribution is -0.125. The number of hydrogen-bond acceptors (Lipinski definition) is 7. The van der Waals surface area contributed by atoms with E-state index in [2.05, 4.69) is 4.98 Å². The van der Waals surface area contributed by atoms with Crippen molar-refractivity contribution in [1.82, 2.24) is 4.98 Å². The molecule has 26 heavy (non-hydrogen) atoms. The average Bonchev–Trinajstić information content (AvgIpc) is 2.62. The zero-order valence-electron chi connectivity index (χ0n) is 14.6. The number of hydrogen-bond donors (Lipinski definition) is 1. The SMILES string of the molecule is COc1cc(Oc2ccc(N(C=O)C(=O)C(C)(C)N)cn2)ccc1C#N. The summed E-state index contributed by atoms with van der Waals surface area (Å²) in [5.41, 5.74) is 5.20. The fourth-order valence-corrected chi connectivity index (χ4v) is 2.06. The third kappa shape index (κ3) is 4.15. The lowest BCUT2D eigenvalue weighted by Gasteiger charge is -2.24. The largest absolute Gasteiger partial charge is 0.495 e. The number of nitriles is 1. The van der Waals surface area contributed by atoms with Crippen LogP contribution in [0.15, 0.2) is 36.5 Å². The molecule has 2 rings (SSSR count). The van der Waals surface area contributed by atoms with Gasteiger partial charge in [-0.05, 0) is 32.0 Å². The van der Waals surface area contributed by atoms with Gasteiger partial charge < -0.3 is 15.2 Å². The molecule has 2 aromatic rings. The first-order valence-electron chi connectivity index (χ1n) is 7.60. The molecule has 0 unspecified atom stereocenters. The van der Waals surface area contributed by atoms with E-state index in [1.807, 2.05) is 6.07 Å². The summed E-state index contributed by atoms with van der Waals surface area (Å²) in [4.78, 5) is 28.4. The van der Waals surface area contributed by atoms with Gasteiger partial charge in [0.2, 0.25) is 12.3 Å². The van der Waals surface area contributed by atoms with E-state index in [1.54, 1.807) is 18.2 Å². The second-order valence-electron chi connectivity index (χ2n) is 5.93. The number of methoxy groups -OCH3 is 1. The Balaban J connectivity index is 2.21. The Morgan fingerprint density at radius 3 is 2.58 bits per heavy atom. The first-order chi connectivity index (χ1) is 12.3. The van der Waals surface area contributed by atoms with Crippen LogP contribution in [0.2, 0.25) is 0 Å². The summed E-state index contributed by atoms with van der Waals surface area (Å²) in [6, 6.07) is 9.77. The van der Waals surface area contributed by atoms with E-state index < -0.39 is 11.4 Å². The van der Waals surface area contributed by atoms with Gasteiger partial charge in [0, 0.05) is 12.1 Å². The number of ether oxygens (including phenoxy) is 2. The van der Waals surface area contributed by atoms with Crippen LogP contribution in [0.1, 0.15) is 19.4 Å². The van der Waals surface area contributed by atoms with E-state index >= 15 is 0 Å². The molecule has 0 atom stereocenters. The van der Waals surface area contributed by atoms with E-state index in [0.717, 1.165) is 4.90 Å². The number of nitrogens with zero attached hydrogens (tertiary/aromatic N) is 3. The van der Waals surface area contributed by atoms with Gasteiger partial charge in [-0.3, -0.25) is 14.5 Å². The van der Waals surface area contributed by atoms with E-state index in [-0.39, 0.29) is 11.6 Å². The molecule has 8 heteroatoms. The summed E-state index contributed by atoms with van der Waals surface area (Å²) in [6.07, 6.45) is 1.72. The molecule has 0 fully saturated rings. The van der Waals surface area contributed by atoms with Crippen molar-refractivity contribution in [3.63, 3.8) is 0 Å². The van der Waals surface area contributed by atoms with Gasteiger partial charge in [-0.25, -0.2) is 4.98 Å². The van der Waals surface area contributed by atoms with Crippen molar-refractivity contribution in [3.8, 4) is 23.4 Å². The molecule has 1 heterocycles. The maximum Gasteiger partial charge on any atom is 0.253 e. The minimum Gasteiger partial charge on any atom is -0.495 e. The van der Waals surface area contributed by atoms with Crippen molar-refractivity contribution < 1.29 is 19.1 Å². The third-order valence-corrected chi connectivity index (χ3v) is 3.39. The van der Waals surface area contributed by atoms with Crippen LogP contribution in [0, 0.1) is 11.3 Å². The van der Waals surface area contributed by atoms with Crippen LogP contribution in [0.25, 0.3) is 0 Å². The van der Waals surface area contributed by atoms with Gasteiger partial charge in [-0.1, -0.05) is 0 Å². The third-order valence-electron chi connectivity index (χ3n) is 3.39. The van der Waals surface area contributed by atoms with Gasteiger partial charge in [0.05, 0.1) is 30.1 Å². The fraction of sp³-hybridized carbons (Fsp3) is 0.222. The molecule has 0 aliphatic carbocycles. The monoisotopic (exact) mass is 354 g/mol. The maximum atomic E-state index is 12.2. The van der Waals surface area contributed by atoms with Crippen LogP contribution >= 0.6 is 0 Å². The van der Waals surface area contributed by atoms with Crippen LogP contribution in [-0.4, -0.2) is 29.9 Å². The summed E-state index contributed by atoms with van der Waals surface area (Å²) in [6.45, 7) is 3.02. The van der Waals surface area contributed by atoms with Crippen molar-refractivity contribution in [2.45, 2.75) is 19.4 Å². The Morgan fingerprint density at radius 2 is 2.08 bits per heavy atom. The van der Waals surface area contributed by atoms with Crippen molar-refractivity contribution >= 4 is 18.0 Å². The highest BCUT2D eigenvalue weighted by molar-refractivity contribution is 6.10. The minimum atomic E-state index is -1.20. The van der Waals surface area contributed by atoms with Crippen molar-refractivity contribution in [1.29, 1.82) is 5.26 Å². The number of benzene rings is 1. The second-order valence-corrected chi connectivity index (χ2v) is 5.93. The van der Waals surface area contributed by atoms with Gasteiger partial charge in [0.25, 0.3) is 5.91 Å². The quantitative estimate of drug-likeness (QED) is 0.788. The number of pyridine rings is 1. The van der Waals surface area contributed by atoms with Crippen LogP contribution in [-0.2, 0) is 9.59 Å². The van der Waals surface area contributed by atoms with Crippen LogP contribution in [0.4, 0.5) is 5.69 Å². The summed E-state index contributed by atoms with van der Waals surface area (Å²) >= 11 is 0. The Hall–Kier alpha value is -3.44.